The predicted molar refractivity (Wildman–Crippen MR) is 117 cm³/mol. The summed E-state index contributed by atoms with van der Waals surface area (Å²) in [5.74, 6) is 1.10. The Kier molecular flexibility index (Phi) is 4.34. The topological polar surface area (TPSA) is 70.8 Å². The summed E-state index contributed by atoms with van der Waals surface area (Å²) < 4.78 is 7.43. The molecule has 0 spiro atoms. The molecule has 1 aromatic heterocycles. The SMILES string of the molecule is COCCn1nc(C)c2c1C[C@]13CCN(CC4CC4)[C@H](Cc4ccc(O)cc41)[C@]3(O)C2. The Morgan fingerprint density at radius 3 is 2.87 bits per heavy atom. The Bertz CT molecular complexity index is 1030. The zero-order valence-electron chi connectivity index (χ0n) is 18.6. The van der Waals surface area contributed by atoms with Crippen molar-refractivity contribution in [3.8, 4) is 5.75 Å². The Balaban J connectivity index is 1.51. The van der Waals surface area contributed by atoms with Crippen molar-refractivity contribution < 1.29 is 14.9 Å². The number of aryl methyl sites for hydroxylation is 1. The number of aromatic hydroxyl groups is 1. The summed E-state index contributed by atoms with van der Waals surface area (Å²) in [6, 6.07) is 5.94. The van der Waals surface area contributed by atoms with Crippen molar-refractivity contribution in [2.24, 2.45) is 5.92 Å². The lowest BCUT2D eigenvalue weighted by molar-refractivity contribution is -0.152. The molecule has 3 aliphatic carbocycles. The monoisotopic (exact) mass is 423 g/mol. The first-order valence-electron chi connectivity index (χ1n) is 11.8. The van der Waals surface area contributed by atoms with Crippen molar-refractivity contribution in [1.82, 2.24) is 14.7 Å². The normalized spacial score (nSPS) is 31.8. The van der Waals surface area contributed by atoms with Crippen LogP contribution in [-0.4, -0.2) is 63.3 Å². The van der Waals surface area contributed by atoms with Gasteiger partial charge in [-0.25, -0.2) is 0 Å². The van der Waals surface area contributed by atoms with E-state index >= 15 is 0 Å². The maximum Gasteiger partial charge on any atom is 0.115 e. The molecule has 6 rings (SSSR count). The summed E-state index contributed by atoms with van der Waals surface area (Å²) in [7, 11) is 1.72. The fourth-order valence-corrected chi connectivity index (χ4v) is 6.88. The third-order valence-corrected chi connectivity index (χ3v) is 8.65. The maximum absolute atomic E-state index is 12.6. The summed E-state index contributed by atoms with van der Waals surface area (Å²) in [6.45, 7) is 5.55. The first-order valence-corrected chi connectivity index (χ1v) is 11.8. The van der Waals surface area contributed by atoms with E-state index in [1.807, 2.05) is 12.1 Å². The molecule has 2 N–H and O–H groups in total. The quantitative estimate of drug-likeness (QED) is 0.773. The number of piperidine rings is 1. The number of methoxy groups -OCH3 is 1. The molecule has 2 heterocycles. The largest absolute Gasteiger partial charge is 0.508 e. The number of hydrogen-bond donors (Lipinski definition) is 2. The molecular weight excluding hydrogens is 390 g/mol. The van der Waals surface area contributed by atoms with Crippen LogP contribution in [0.15, 0.2) is 18.2 Å². The third-order valence-electron chi connectivity index (χ3n) is 8.65. The van der Waals surface area contributed by atoms with Gasteiger partial charge < -0.3 is 14.9 Å². The minimum absolute atomic E-state index is 0.119. The highest BCUT2D eigenvalue weighted by Crippen LogP contribution is 2.58. The lowest BCUT2D eigenvalue weighted by atomic mass is 9.49. The van der Waals surface area contributed by atoms with Crippen LogP contribution in [0.2, 0.25) is 0 Å². The van der Waals surface area contributed by atoms with Crippen LogP contribution in [0.4, 0.5) is 0 Å². The van der Waals surface area contributed by atoms with Crippen molar-refractivity contribution in [3.05, 3.63) is 46.3 Å². The van der Waals surface area contributed by atoms with Crippen molar-refractivity contribution in [2.45, 2.75) is 69.1 Å². The lowest BCUT2D eigenvalue weighted by Crippen LogP contribution is -2.74. The Labute approximate surface area is 183 Å². The Hall–Kier alpha value is -1.89. The molecule has 3 atom stereocenters. The van der Waals surface area contributed by atoms with Gasteiger partial charge >= 0.3 is 0 Å². The number of rotatable bonds is 5. The maximum atomic E-state index is 12.6. The lowest BCUT2D eigenvalue weighted by Gasteiger charge is -2.63. The number of aromatic nitrogens is 2. The van der Waals surface area contributed by atoms with Crippen molar-refractivity contribution in [3.63, 3.8) is 0 Å². The van der Waals surface area contributed by atoms with Gasteiger partial charge in [0.15, 0.2) is 0 Å². The summed E-state index contributed by atoms with van der Waals surface area (Å²) in [5, 5.41) is 27.8. The van der Waals surface area contributed by atoms with E-state index in [0.29, 0.717) is 18.8 Å². The van der Waals surface area contributed by atoms with Gasteiger partial charge in [0.2, 0.25) is 0 Å². The van der Waals surface area contributed by atoms with Crippen LogP contribution in [0.3, 0.4) is 0 Å². The van der Waals surface area contributed by atoms with E-state index < -0.39 is 5.60 Å². The number of hydrogen-bond acceptors (Lipinski definition) is 5. The molecule has 2 fully saturated rings. The van der Waals surface area contributed by atoms with Gasteiger partial charge in [0.25, 0.3) is 0 Å². The molecule has 1 saturated carbocycles. The van der Waals surface area contributed by atoms with E-state index in [2.05, 4.69) is 22.6 Å². The van der Waals surface area contributed by atoms with Crippen molar-refractivity contribution in [1.29, 1.82) is 0 Å². The number of benzene rings is 1. The molecule has 6 heteroatoms. The summed E-state index contributed by atoms with van der Waals surface area (Å²) in [5.41, 5.74) is 4.71. The predicted octanol–water partition coefficient (Wildman–Crippen LogP) is 2.35. The Morgan fingerprint density at radius 1 is 1.26 bits per heavy atom. The zero-order chi connectivity index (χ0) is 21.4. The smallest absolute Gasteiger partial charge is 0.115 e. The molecule has 2 aromatic rings. The van der Waals surface area contributed by atoms with Gasteiger partial charge in [-0.15, -0.1) is 0 Å². The first-order chi connectivity index (χ1) is 14.9. The first kappa shape index (κ1) is 19.8. The number of phenols is 1. The van der Waals surface area contributed by atoms with E-state index in [1.165, 1.54) is 29.7 Å². The van der Waals surface area contributed by atoms with Gasteiger partial charge in [-0.1, -0.05) is 6.07 Å². The third kappa shape index (κ3) is 2.77. The van der Waals surface area contributed by atoms with E-state index in [1.54, 1.807) is 7.11 Å². The highest BCUT2D eigenvalue weighted by molar-refractivity contribution is 5.52. The molecule has 1 aromatic carbocycles. The average Bonchev–Trinajstić information content (AvgIpc) is 3.51. The number of aliphatic hydroxyl groups is 1. The number of nitrogens with zero attached hydrogens (tertiary/aromatic N) is 3. The fraction of sp³-hybridized carbons (Fsp3) is 0.640. The van der Waals surface area contributed by atoms with Gasteiger partial charge in [-0.05, 0) is 73.9 Å². The molecule has 0 unspecified atom stereocenters. The second-order valence-corrected chi connectivity index (χ2v) is 10.3. The second kappa shape index (κ2) is 6.80. The number of fused-ring (bicyclic) bond motifs is 2. The van der Waals surface area contributed by atoms with Crippen LogP contribution in [0.1, 0.15) is 47.3 Å². The summed E-state index contributed by atoms with van der Waals surface area (Å²) in [4.78, 5) is 2.58. The van der Waals surface area contributed by atoms with E-state index in [4.69, 9.17) is 9.84 Å². The van der Waals surface area contributed by atoms with Gasteiger partial charge in [-0.3, -0.25) is 9.58 Å². The van der Waals surface area contributed by atoms with Gasteiger partial charge in [-0.2, -0.15) is 5.10 Å². The molecule has 4 aliphatic rings. The number of likely N-dealkylation sites (tertiary alicyclic amines) is 1. The number of ether oxygens (including phenoxy) is 1. The Morgan fingerprint density at radius 2 is 2.10 bits per heavy atom. The van der Waals surface area contributed by atoms with Crippen LogP contribution in [0, 0.1) is 12.8 Å². The molecule has 2 bridgehead atoms. The van der Waals surface area contributed by atoms with E-state index in [9.17, 15) is 10.2 Å². The molecule has 0 amide bonds. The van der Waals surface area contributed by atoms with Crippen LogP contribution in [0.5, 0.6) is 5.75 Å². The second-order valence-electron chi connectivity index (χ2n) is 10.3. The van der Waals surface area contributed by atoms with Crippen LogP contribution in [-0.2, 0) is 36.0 Å². The molecule has 31 heavy (non-hydrogen) atoms. The van der Waals surface area contributed by atoms with E-state index in [0.717, 1.165) is 56.1 Å². The molecule has 166 valence electrons. The molecule has 0 radical (unpaired) electrons. The highest BCUT2D eigenvalue weighted by Gasteiger charge is 2.65. The van der Waals surface area contributed by atoms with Crippen LogP contribution < -0.4 is 0 Å². The van der Waals surface area contributed by atoms with Crippen molar-refractivity contribution >= 4 is 0 Å². The molecular formula is C25H33N3O3. The van der Waals surface area contributed by atoms with Gasteiger partial charge in [0.05, 0.1) is 24.4 Å². The fourth-order valence-electron chi connectivity index (χ4n) is 6.88. The molecule has 1 aliphatic heterocycles. The van der Waals surface area contributed by atoms with Crippen molar-refractivity contribution in [2.75, 3.05) is 26.8 Å². The average molecular weight is 424 g/mol. The van der Waals surface area contributed by atoms with Gasteiger partial charge in [0, 0.05) is 43.6 Å². The van der Waals surface area contributed by atoms with Crippen LogP contribution in [0.25, 0.3) is 0 Å². The highest BCUT2D eigenvalue weighted by atomic mass is 16.5. The summed E-state index contributed by atoms with van der Waals surface area (Å²) >= 11 is 0. The zero-order valence-corrected chi connectivity index (χ0v) is 18.6. The summed E-state index contributed by atoms with van der Waals surface area (Å²) in [6.07, 6.45) is 5.83. The minimum Gasteiger partial charge on any atom is -0.508 e. The van der Waals surface area contributed by atoms with Gasteiger partial charge in [0.1, 0.15) is 5.75 Å². The molecule has 6 nitrogen and oxygen atoms in total. The molecule has 1 saturated heterocycles. The standard InChI is InChI=1S/C25H33N3O3/c1-16-20-13-25(30)23-11-18-5-6-19(29)12-21(18)24(25,7-8-27(23)15-17-3-4-17)14-22(20)28(26-16)9-10-31-2/h5-6,12,17,23,29-30H,3-4,7-11,13-15H2,1-2H3/t23-,24-,25-/m1/s1. The number of phenolic OH excluding ortho intramolecular Hbond substituents is 1. The minimum atomic E-state index is -0.839. The van der Waals surface area contributed by atoms with Crippen LogP contribution >= 0.6 is 0 Å². The van der Waals surface area contributed by atoms with E-state index in [-0.39, 0.29) is 11.5 Å².